The van der Waals surface area contributed by atoms with E-state index in [-0.39, 0.29) is 22.1 Å². The fourth-order valence-electron chi connectivity index (χ4n) is 2.24. The van der Waals surface area contributed by atoms with Crippen LogP contribution in [0.5, 0.6) is 11.5 Å². The van der Waals surface area contributed by atoms with Crippen LogP contribution in [0.1, 0.15) is 5.56 Å². The van der Waals surface area contributed by atoms with Crippen molar-refractivity contribution in [3.05, 3.63) is 47.8 Å². The summed E-state index contributed by atoms with van der Waals surface area (Å²) in [6.45, 7) is 0. The van der Waals surface area contributed by atoms with Crippen LogP contribution in [0.4, 0.5) is 20.6 Å². The maximum Gasteiger partial charge on any atom is 0.434 e. The molecule has 2 rings (SSSR count). The topological polar surface area (TPSA) is 95.5 Å². The number of thioether (sulfide) groups is 1. The number of nitrogens with zero attached hydrogens (tertiary/aromatic N) is 2. The Kier molecular flexibility index (Phi) is 7.39. The van der Waals surface area contributed by atoms with Crippen LogP contribution in [0, 0.1) is 5.82 Å². The van der Waals surface area contributed by atoms with Crippen molar-refractivity contribution in [3.8, 4) is 11.5 Å². The van der Waals surface area contributed by atoms with Crippen molar-refractivity contribution in [2.24, 2.45) is 9.98 Å². The minimum Gasteiger partial charge on any atom is -0.497 e. The molecule has 0 aliphatic carbocycles. The van der Waals surface area contributed by atoms with Gasteiger partial charge in [0.25, 0.3) is 0 Å². The molecule has 0 saturated heterocycles. The number of hydrogen-bond donors (Lipinski definition) is 1. The summed E-state index contributed by atoms with van der Waals surface area (Å²) in [5, 5.41) is 0.165. The summed E-state index contributed by atoms with van der Waals surface area (Å²) in [5.41, 5.74) is 6.95. The third kappa shape index (κ3) is 5.01. The largest absolute Gasteiger partial charge is 0.497 e. The monoisotopic (exact) mass is 405 g/mol. The number of rotatable bonds is 5. The number of aliphatic imine (C=N–C) groups is 2. The molecule has 2 aromatic carbocycles. The van der Waals surface area contributed by atoms with Gasteiger partial charge in [-0.1, -0.05) is 0 Å². The lowest BCUT2D eigenvalue weighted by atomic mass is 10.1. The molecule has 0 aliphatic rings. The Hall–Kier alpha value is -3.07. The molecule has 28 heavy (non-hydrogen) atoms. The van der Waals surface area contributed by atoms with Crippen LogP contribution in [0.15, 0.2) is 46.4 Å². The Morgan fingerprint density at radius 1 is 1.11 bits per heavy atom. The summed E-state index contributed by atoms with van der Waals surface area (Å²) in [6, 6.07) is 9.53. The van der Waals surface area contributed by atoms with Gasteiger partial charge in [-0.2, -0.15) is 4.99 Å². The molecule has 0 aliphatic heterocycles. The van der Waals surface area contributed by atoms with E-state index >= 15 is 4.39 Å². The highest BCUT2D eigenvalue weighted by molar-refractivity contribution is 8.15. The van der Waals surface area contributed by atoms with Gasteiger partial charge in [0.05, 0.1) is 27.0 Å². The second-order valence-electron chi connectivity index (χ2n) is 5.33. The Morgan fingerprint density at radius 2 is 1.79 bits per heavy atom. The first-order chi connectivity index (χ1) is 13.4. The van der Waals surface area contributed by atoms with Gasteiger partial charge in [0.15, 0.2) is 11.6 Å². The van der Waals surface area contributed by atoms with E-state index in [2.05, 4.69) is 14.7 Å². The van der Waals surface area contributed by atoms with Gasteiger partial charge in [0.2, 0.25) is 0 Å². The van der Waals surface area contributed by atoms with Gasteiger partial charge in [-0.25, -0.2) is 14.2 Å². The average Bonchev–Trinajstić information content (AvgIpc) is 2.72. The summed E-state index contributed by atoms with van der Waals surface area (Å²) in [5.74, 6) is -0.334. The third-order valence-electron chi connectivity index (χ3n) is 3.62. The number of nitrogens with two attached hydrogens (primary N) is 1. The highest BCUT2D eigenvalue weighted by atomic mass is 32.2. The molecule has 1 amide bonds. The lowest BCUT2D eigenvalue weighted by molar-refractivity contribution is 0.183. The molecule has 2 aromatic rings. The number of carbonyl (C=O) groups excluding carboxylic acids is 1. The first-order valence-electron chi connectivity index (χ1n) is 8.00. The van der Waals surface area contributed by atoms with Crippen molar-refractivity contribution >= 4 is 40.0 Å². The molecule has 0 heterocycles. The second kappa shape index (κ2) is 9.75. The number of ether oxygens (including phenoxy) is 3. The van der Waals surface area contributed by atoms with E-state index in [0.29, 0.717) is 17.1 Å². The number of amides is 1. The van der Waals surface area contributed by atoms with Gasteiger partial charge < -0.3 is 19.9 Å². The molecule has 0 unspecified atom stereocenters. The van der Waals surface area contributed by atoms with Crippen LogP contribution in [0.2, 0.25) is 0 Å². The molecular weight excluding hydrogens is 385 g/mol. The molecule has 0 bridgehead atoms. The zero-order valence-corrected chi connectivity index (χ0v) is 16.7. The van der Waals surface area contributed by atoms with Gasteiger partial charge in [0.1, 0.15) is 16.5 Å². The number of nitrogen functional groups attached to an aromatic ring is 1. The van der Waals surface area contributed by atoms with Crippen LogP contribution in [-0.4, -0.2) is 44.4 Å². The average molecular weight is 405 g/mol. The predicted molar refractivity (Wildman–Crippen MR) is 110 cm³/mol. The maximum atomic E-state index is 15.1. The molecule has 9 heteroatoms. The normalized spacial score (nSPS) is 11.9. The smallest absolute Gasteiger partial charge is 0.434 e. The van der Waals surface area contributed by atoms with E-state index < -0.39 is 11.9 Å². The van der Waals surface area contributed by atoms with Crippen molar-refractivity contribution < 1.29 is 23.4 Å². The summed E-state index contributed by atoms with van der Waals surface area (Å²) in [7, 11) is 4.00. The summed E-state index contributed by atoms with van der Waals surface area (Å²) in [4.78, 5) is 20.1. The Balaban J connectivity index is 2.76. The maximum absolute atomic E-state index is 15.1. The first-order valence-corrected chi connectivity index (χ1v) is 9.23. The van der Waals surface area contributed by atoms with Crippen molar-refractivity contribution in [3.63, 3.8) is 0 Å². The van der Waals surface area contributed by atoms with Gasteiger partial charge in [-0.05, 0) is 36.6 Å². The van der Waals surface area contributed by atoms with E-state index in [4.69, 9.17) is 15.2 Å². The number of hydrogen-bond acceptors (Lipinski definition) is 7. The van der Waals surface area contributed by atoms with Crippen LogP contribution in [0.3, 0.4) is 0 Å². The molecule has 0 spiro atoms. The quantitative estimate of drug-likeness (QED) is 0.458. The molecule has 0 saturated carbocycles. The zero-order chi connectivity index (χ0) is 20.7. The highest BCUT2D eigenvalue weighted by Crippen LogP contribution is 2.30. The van der Waals surface area contributed by atoms with Crippen molar-refractivity contribution in [2.75, 3.05) is 33.3 Å². The van der Waals surface area contributed by atoms with E-state index in [1.807, 2.05) is 0 Å². The molecule has 2 N–H and O–H groups in total. The van der Waals surface area contributed by atoms with E-state index in [9.17, 15) is 4.79 Å². The minimum atomic E-state index is -0.829. The summed E-state index contributed by atoms with van der Waals surface area (Å²) >= 11 is 1.12. The lowest BCUT2D eigenvalue weighted by Crippen LogP contribution is -2.16. The molecule has 0 atom stereocenters. The Labute approximate surface area is 166 Å². The molecule has 0 radical (unpaired) electrons. The van der Waals surface area contributed by atoms with Gasteiger partial charge in [0, 0.05) is 17.3 Å². The minimum absolute atomic E-state index is 0.0297. The third-order valence-corrected chi connectivity index (χ3v) is 4.29. The van der Waals surface area contributed by atoms with E-state index in [0.717, 1.165) is 11.8 Å². The van der Waals surface area contributed by atoms with Gasteiger partial charge in [-0.15, -0.1) is 11.8 Å². The first kappa shape index (κ1) is 21.2. The molecule has 0 fully saturated rings. The Morgan fingerprint density at radius 3 is 2.32 bits per heavy atom. The lowest BCUT2D eigenvalue weighted by Gasteiger charge is -2.13. The van der Waals surface area contributed by atoms with Gasteiger partial charge >= 0.3 is 6.09 Å². The second-order valence-corrected chi connectivity index (χ2v) is 6.13. The van der Waals surface area contributed by atoms with Crippen LogP contribution in [0.25, 0.3) is 0 Å². The summed E-state index contributed by atoms with van der Waals surface area (Å²) < 4.78 is 30.0. The number of methoxy groups -OCH3 is 3. The number of anilines is 1. The number of halogens is 1. The van der Waals surface area contributed by atoms with E-state index in [1.165, 1.54) is 33.5 Å². The summed E-state index contributed by atoms with van der Waals surface area (Å²) in [6.07, 6.45) is 0.861. The van der Waals surface area contributed by atoms with Crippen molar-refractivity contribution in [2.45, 2.75) is 0 Å². The fraction of sp³-hybridized carbons (Fsp3) is 0.211. The number of carbonyl (C=O) groups is 1. The van der Waals surface area contributed by atoms with E-state index in [1.54, 1.807) is 30.5 Å². The SMILES string of the molecule is COC(=O)N=C(SC)C(=Nc1ccc(N)cc1)c1cc(OC)cc(OC)c1F. The van der Waals surface area contributed by atoms with Crippen LogP contribution < -0.4 is 15.2 Å². The Bertz CT molecular complexity index is 914. The zero-order valence-electron chi connectivity index (χ0n) is 15.9. The van der Waals surface area contributed by atoms with Crippen molar-refractivity contribution in [1.82, 2.24) is 0 Å². The molecule has 7 nitrogen and oxygen atoms in total. The van der Waals surface area contributed by atoms with Crippen molar-refractivity contribution in [1.29, 1.82) is 0 Å². The standard InChI is InChI=1S/C19H20FN3O4S/c1-25-13-9-14(16(20)15(10-13)26-2)17(18(28-4)23-19(24)27-3)22-12-7-5-11(21)6-8-12/h5-10H,21H2,1-4H3. The highest BCUT2D eigenvalue weighted by Gasteiger charge is 2.22. The molecular formula is C19H20FN3O4S. The van der Waals surface area contributed by atoms with Crippen LogP contribution >= 0.6 is 11.8 Å². The van der Waals surface area contributed by atoms with Crippen LogP contribution in [-0.2, 0) is 4.74 Å². The number of benzene rings is 2. The molecule has 0 aromatic heterocycles. The van der Waals surface area contributed by atoms with Gasteiger partial charge in [-0.3, -0.25) is 0 Å². The molecule has 148 valence electrons. The predicted octanol–water partition coefficient (Wildman–Crippen LogP) is 4.07. The fourth-order valence-corrected chi connectivity index (χ4v) is 2.75.